The summed E-state index contributed by atoms with van der Waals surface area (Å²) in [6.45, 7) is -0.507. The molecule has 0 aliphatic heterocycles. The van der Waals surface area contributed by atoms with Crippen molar-refractivity contribution < 1.29 is 17.9 Å². The van der Waals surface area contributed by atoms with Gasteiger partial charge in [0, 0.05) is 37.8 Å². The van der Waals surface area contributed by atoms with Crippen LogP contribution in [0.2, 0.25) is 10.0 Å². The monoisotopic (exact) mass is 497 g/mol. The highest BCUT2D eigenvalue weighted by Crippen LogP contribution is 2.39. The van der Waals surface area contributed by atoms with Crippen molar-refractivity contribution in [3.05, 3.63) is 69.4 Å². The van der Waals surface area contributed by atoms with E-state index in [0.29, 0.717) is 10.9 Å². The Morgan fingerprint density at radius 2 is 1.97 bits per heavy atom. The molecule has 11 heteroatoms. The Balaban J connectivity index is 1.80. The molecule has 4 N–H and O–H groups in total. The van der Waals surface area contributed by atoms with Gasteiger partial charge in [-0.1, -0.05) is 35.3 Å². The second kappa shape index (κ2) is 8.25. The van der Waals surface area contributed by atoms with E-state index in [4.69, 9.17) is 28.9 Å². The normalized spacial score (nSPS) is 11.7. The van der Waals surface area contributed by atoms with Crippen LogP contribution < -0.4 is 10.5 Å². The summed E-state index contributed by atoms with van der Waals surface area (Å²) in [5.41, 5.74) is 6.51. The highest BCUT2D eigenvalue weighted by atomic mass is 35.5. The van der Waals surface area contributed by atoms with Gasteiger partial charge in [0.25, 0.3) is 10.0 Å². The summed E-state index contributed by atoms with van der Waals surface area (Å²) in [7, 11) is -4.31. The van der Waals surface area contributed by atoms with Gasteiger partial charge in [-0.3, -0.25) is 4.72 Å². The summed E-state index contributed by atoms with van der Waals surface area (Å²) in [4.78, 5) is 3.68. The molecule has 0 aliphatic carbocycles. The summed E-state index contributed by atoms with van der Waals surface area (Å²) in [6.07, 6.45) is 1.56. The lowest BCUT2D eigenvalue weighted by Crippen LogP contribution is -2.15. The number of thiophene rings is 1. The lowest BCUT2D eigenvalue weighted by molar-refractivity contribution is 0.281. The Kier molecular flexibility index (Phi) is 5.80. The van der Waals surface area contributed by atoms with Gasteiger partial charge in [0.15, 0.2) is 5.82 Å². The number of rotatable bonds is 5. The SMILES string of the molecule is Nc1nccc2scc(-c3cccc(NS(=O)(=O)c4cc(Cl)cc(CO)c4Cl)c3F)c12. The highest BCUT2D eigenvalue weighted by molar-refractivity contribution is 7.92. The van der Waals surface area contributed by atoms with Gasteiger partial charge in [0.05, 0.1) is 17.3 Å². The Bertz CT molecular complexity index is 1420. The highest BCUT2D eigenvalue weighted by Gasteiger charge is 2.24. The van der Waals surface area contributed by atoms with Crippen molar-refractivity contribution in [1.29, 1.82) is 0 Å². The summed E-state index contributed by atoms with van der Waals surface area (Å²) < 4.78 is 44.3. The zero-order valence-electron chi connectivity index (χ0n) is 15.6. The average Bonchev–Trinajstić information content (AvgIpc) is 3.16. The Morgan fingerprint density at radius 3 is 2.71 bits per heavy atom. The van der Waals surface area contributed by atoms with Crippen molar-refractivity contribution in [3.8, 4) is 11.1 Å². The predicted molar refractivity (Wildman–Crippen MR) is 123 cm³/mol. The van der Waals surface area contributed by atoms with Gasteiger partial charge >= 0.3 is 0 Å². The number of nitrogen functional groups attached to an aromatic ring is 1. The number of aromatic nitrogens is 1. The first-order chi connectivity index (χ1) is 14.7. The molecule has 0 fully saturated rings. The molecule has 0 amide bonds. The number of aliphatic hydroxyl groups is 1. The van der Waals surface area contributed by atoms with Crippen LogP contribution >= 0.6 is 34.5 Å². The van der Waals surface area contributed by atoms with E-state index < -0.39 is 22.4 Å². The van der Waals surface area contributed by atoms with Crippen molar-refractivity contribution in [2.75, 3.05) is 10.5 Å². The number of pyridine rings is 1. The molecule has 0 spiro atoms. The van der Waals surface area contributed by atoms with Gasteiger partial charge in [0.2, 0.25) is 0 Å². The van der Waals surface area contributed by atoms with Crippen molar-refractivity contribution >= 4 is 66.2 Å². The number of aliphatic hydroxyl groups excluding tert-OH is 1. The molecule has 4 rings (SSSR count). The zero-order chi connectivity index (χ0) is 22.3. The molecule has 0 saturated heterocycles. The van der Waals surface area contributed by atoms with Crippen LogP contribution in [0.25, 0.3) is 21.2 Å². The molecule has 0 atom stereocenters. The third-order valence-corrected chi connectivity index (χ3v) is 7.70. The number of halogens is 3. The van der Waals surface area contributed by atoms with Crippen LogP contribution in [0.1, 0.15) is 5.56 Å². The summed E-state index contributed by atoms with van der Waals surface area (Å²) in [6, 6.07) is 8.58. The van der Waals surface area contributed by atoms with Crippen LogP contribution in [0.4, 0.5) is 15.9 Å². The second-order valence-electron chi connectivity index (χ2n) is 6.53. The molecule has 31 heavy (non-hydrogen) atoms. The van der Waals surface area contributed by atoms with Crippen molar-refractivity contribution in [3.63, 3.8) is 0 Å². The minimum Gasteiger partial charge on any atom is -0.392 e. The lowest BCUT2D eigenvalue weighted by Gasteiger charge is -2.14. The van der Waals surface area contributed by atoms with Crippen molar-refractivity contribution in [1.82, 2.24) is 4.98 Å². The maximum Gasteiger partial charge on any atom is 0.263 e. The van der Waals surface area contributed by atoms with E-state index in [2.05, 4.69) is 9.71 Å². The molecule has 0 aliphatic rings. The summed E-state index contributed by atoms with van der Waals surface area (Å²) in [5.74, 6) is -0.532. The number of sulfonamides is 1. The standard InChI is InChI=1S/C20H14Cl2FN3O3S2/c21-11-6-10(8-27)18(22)16(7-11)31(28,29)26-14-3-1-2-12(19(14)23)13-9-30-15-4-5-25-20(24)17(13)15/h1-7,9,26-27H,8H2,(H2,24,25). The van der Waals surface area contributed by atoms with Crippen LogP contribution in [0.15, 0.2) is 52.9 Å². The Labute approximate surface area is 191 Å². The van der Waals surface area contributed by atoms with E-state index in [9.17, 15) is 13.5 Å². The van der Waals surface area contributed by atoms with Crippen molar-refractivity contribution in [2.45, 2.75) is 11.5 Å². The second-order valence-corrected chi connectivity index (χ2v) is 9.90. The van der Waals surface area contributed by atoms with Gasteiger partial charge in [-0.2, -0.15) is 0 Å². The topological polar surface area (TPSA) is 105 Å². The fourth-order valence-corrected chi connectivity index (χ4v) is 6.10. The van der Waals surface area contributed by atoms with E-state index in [-0.39, 0.29) is 37.6 Å². The number of nitrogens with two attached hydrogens (primary N) is 1. The maximum absolute atomic E-state index is 15.4. The lowest BCUT2D eigenvalue weighted by atomic mass is 10.0. The quantitative estimate of drug-likeness (QED) is 0.347. The van der Waals surface area contributed by atoms with E-state index in [0.717, 1.165) is 10.8 Å². The van der Waals surface area contributed by atoms with Crippen LogP contribution in [-0.4, -0.2) is 18.5 Å². The fourth-order valence-electron chi connectivity index (χ4n) is 3.16. The zero-order valence-corrected chi connectivity index (χ0v) is 18.7. The van der Waals surface area contributed by atoms with Crippen molar-refractivity contribution in [2.24, 2.45) is 0 Å². The number of nitrogens with one attached hydrogen (secondary N) is 1. The number of nitrogens with zero attached hydrogens (tertiary/aromatic N) is 1. The third kappa shape index (κ3) is 3.95. The summed E-state index contributed by atoms with van der Waals surface area (Å²) >= 11 is 13.4. The van der Waals surface area contributed by atoms with Gasteiger partial charge < -0.3 is 10.8 Å². The largest absolute Gasteiger partial charge is 0.392 e. The van der Waals surface area contributed by atoms with Gasteiger partial charge in [0.1, 0.15) is 10.7 Å². The van der Waals surface area contributed by atoms with Crippen LogP contribution in [0.5, 0.6) is 0 Å². The number of hydrogen-bond donors (Lipinski definition) is 3. The van der Waals surface area contributed by atoms with Gasteiger partial charge in [-0.15, -0.1) is 11.3 Å². The third-order valence-electron chi connectivity index (χ3n) is 4.59. The Hall–Kier alpha value is -2.43. The smallest absolute Gasteiger partial charge is 0.263 e. The number of benzene rings is 2. The molecule has 0 unspecified atom stereocenters. The molecular formula is C20H14Cl2FN3O3S2. The molecule has 2 aromatic carbocycles. The van der Waals surface area contributed by atoms with E-state index >= 15 is 4.39 Å². The van der Waals surface area contributed by atoms with Gasteiger partial charge in [-0.25, -0.2) is 17.8 Å². The predicted octanol–water partition coefficient (Wildman–Crippen LogP) is 5.28. The molecule has 6 nitrogen and oxygen atoms in total. The minimum atomic E-state index is -4.31. The molecule has 4 aromatic rings. The first-order valence-electron chi connectivity index (χ1n) is 8.75. The van der Waals surface area contributed by atoms with E-state index in [1.807, 2.05) is 0 Å². The maximum atomic E-state index is 15.4. The fraction of sp³-hybridized carbons (Fsp3) is 0.0500. The van der Waals surface area contributed by atoms with Crippen LogP contribution in [0, 0.1) is 5.82 Å². The average molecular weight is 498 g/mol. The summed E-state index contributed by atoms with van der Waals surface area (Å²) in [5, 5.41) is 11.6. The van der Waals surface area contributed by atoms with Gasteiger partial charge in [-0.05, 0) is 29.8 Å². The molecule has 0 radical (unpaired) electrons. The molecule has 0 bridgehead atoms. The number of hydrogen-bond acceptors (Lipinski definition) is 6. The van der Waals surface area contributed by atoms with Crippen LogP contribution in [-0.2, 0) is 16.6 Å². The first kappa shape index (κ1) is 21.8. The number of fused-ring (bicyclic) bond motifs is 1. The Morgan fingerprint density at radius 1 is 1.19 bits per heavy atom. The first-order valence-corrected chi connectivity index (χ1v) is 11.9. The molecule has 160 valence electrons. The minimum absolute atomic E-state index is 0.0655. The van der Waals surface area contributed by atoms with Crippen LogP contribution in [0.3, 0.4) is 0 Å². The number of anilines is 2. The van der Waals surface area contributed by atoms with E-state index in [1.54, 1.807) is 17.6 Å². The molecular weight excluding hydrogens is 484 g/mol. The molecule has 2 heterocycles. The molecule has 2 aromatic heterocycles. The molecule has 0 saturated carbocycles. The van der Waals surface area contributed by atoms with E-state index in [1.165, 1.54) is 35.6 Å².